The van der Waals surface area contributed by atoms with Crippen LogP contribution in [0, 0.1) is 18.8 Å². The van der Waals surface area contributed by atoms with E-state index < -0.39 is 12.3 Å². The summed E-state index contributed by atoms with van der Waals surface area (Å²) in [7, 11) is 0. The molecule has 0 saturated carbocycles. The summed E-state index contributed by atoms with van der Waals surface area (Å²) in [6.07, 6.45) is -4.76. The Kier molecular flexibility index (Phi) is 6.09. The molecule has 6 nitrogen and oxygen atoms in total. The monoisotopic (exact) mass is 486 g/mol. The normalized spacial score (nSPS) is 11.1. The molecule has 1 heterocycles. The van der Waals surface area contributed by atoms with Gasteiger partial charge in [-0.2, -0.15) is 4.98 Å². The third kappa shape index (κ3) is 5.42. The average Bonchev–Trinajstić information content (AvgIpc) is 3.14. The quantitative estimate of drug-likeness (QED) is 0.330. The number of alkyl halides is 3. The maximum atomic E-state index is 12.3. The smallest absolute Gasteiger partial charge is 0.478 e. The molecule has 4 aromatic rings. The lowest BCUT2D eigenvalue weighted by Gasteiger charge is -2.07. The fourth-order valence-electron chi connectivity index (χ4n) is 3.04. The largest absolute Gasteiger partial charge is 0.573 e. The average molecular weight is 487 g/mol. The van der Waals surface area contributed by atoms with Crippen molar-refractivity contribution in [3.8, 4) is 29.4 Å². The maximum absolute atomic E-state index is 12.3. The second kappa shape index (κ2) is 9.00. The summed E-state index contributed by atoms with van der Waals surface area (Å²) < 4.78 is 46.3. The van der Waals surface area contributed by atoms with Crippen molar-refractivity contribution >= 4 is 28.6 Å². The number of carboxylic acids is 1. The summed E-state index contributed by atoms with van der Waals surface area (Å²) in [5.74, 6) is 4.60. The van der Waals surface area contributed by atoms with Gasteiger partial charge in [-0.15, -0.1) is 13.2 Å². The molecular formula is C24H14ClF3N2O4. The van der Waals surface area contributed by atoms with E-state index in [2.05, 4.69) is 26.5 Å². The Hall–Kier alpha value is -4.16. The lowest BCUT2D eigenvalue weighted by atomic mass is 10.1. The number of carboxylic acid groups (broad SMARTS) is 1. The van der Waals surface area contributed by atoms with Gasteiger partial charge >= 0.3 is 12.3 Å². The highest BCUT2D eigenvalue weighted by atomic mass is 35.5. The minimum absolute atomic E-state index is 0.118. The van der Waals surface area contributed by atoms with Crippen molar-refractivity contribution in [3.63, 3.8) is 0 Å². The first-order valence-corrected chi connectivity index (χ1v) is 10.0. The van der Waals surface area contributed by atoms with Gasteiger partial charge < -0.3 is 19.6 Å². The molecule has 0 amide bonds. The van der Waals surface area contributed by atoms with E-state index in [0.29, 0.717) is 38.5 Å². The first kappa shape index (κ1) is 23.0. The van der Waals surface area contributed by atoms with Crippen LogP contribution in [0.1, 0.15) is 27.0 Å². The number of halogens is 4. The molecule has 0 spiro atoms. The van der Waals surface area contributed by atoms with Gasteiger partial charge in [0.05, 0.1) is 21.6 Å². The Bertz CT molecular complexity index is 1450. The Morgan fingerprint density at radius 2 is 1.76 bits per heavy atom. The van der Waals surface area contributed by atoms with Crippen LogP contribution in [-0.4, -0.2) is 27.4 Å². The Morgan fingerprint density at radius 1 is 1.06 bits per heavy atom. The first-order valence-electron chi connectivity index (χ1n) is 9.66. The molecule has 0 fully saturated rings. The van der Waals surface area contributed by atoms with Crippen molar-refractivity contribution in [1.82, 2.24) is 9.97 Å². The highest BCUT2D eigenvalue weighted by molar-refractivity contribution is 6.32. The number of fused-ring (bicyclic) bond motifs is 1. The van der Waals surface area contributed by atoms with E-state index in [9.17, 15) is 23.1 Å². The molecule has 1 aromatic heterocycles. The van der Waals surface area contributed by atoms with Crippen LogP contribution < -0.4 is 9.47 Å². The number of ether oxygens (including phenoxy) is 2. The minimum atomic E-state index is -4.76. The van der Waals surface area contributed by atoms with Crippen molar-refractivity contribution in [1.29, 1.82) is 0 Å². The molecule has 2 N–H and O–H groups in total. The predicted octanol–water partition coefficient (Wildman–Crippen LogP) is 6.31. The number of hydrogen-bond acceptors (Lipinski definition) is 4. The van der Waals surface area contributed by atoms with Crippen molar-refractivity contribution in [2.24, 2.45) is 0 Å². The van der Waals surface area contributed by atoms with Crippen LogP contribution in [0.5, 0.6) is 17.5 Å². The van der Waals surface area contributed by atoms with Gasteiger partial charge in [0, 0.05) is 11.1 Å². The molecule has 0 aliphatic heterocycles. The van der Waals surface area contributed by atoms with Crippen LogP contribution in [-0.2, 0) is 0 Å². The lowest BCUT2D eigenvalue weighted by Crippen LogP contribution is -2.16. The highest BCUT2D eigenvalue weighted by Crippen LogP contribution is 2.28. The molecule has 0 radical (unpaired) electrons. The molecule has 3 aromatic carbocycles. The number of hydrogen-bond donors (Lipinski definition) is 2. The molecule has 0 bridgehead atoms. The Balaban J connectivity index is 1.56. The van der Waals surface area contributed by atoms with Gasteiger partial charge in [0.1, 0.15) is 11.5 Å². The topological polar surface area (TPSA) is 84.4 Å². The van der Waals surface area contributed by atoms with Crippen LogP contribution in [0.4, 0.5) is 13.2 Å². The van der Waals surface area contributed by atoms with Crippen molar-refractivity contribution in [2.45, 2.75) is 13.3 Å². The molecule has 0 saturated heterocycles. The number of rotatable bonds is 4. The van der Waals surface area contributed by atoms with Crippen molar-refractivity contribution in [2.75, 3.05) is 0 Å². The molecule has 172 valence electrons. The first-order chi connectivity index (χ1) is 16.1. The van der Waals surface area contributed by atoms with Gasteiger partial charge in [0.2, 0.25) is 0 Å². The zero-order chi connectivity index (χ0) is 24.5. The van der Waals surface area contributed by atoms with Gasteiger partial charge in [-0.05, 0) is 61.0 Å². The number of carbonyl (C=O) groups is 1. The number of benzene rings is 3. The van der Waals surface area contributed by atoms with E-state index >= 15 is 0 Å². The number of nitrogens with one attached hydrogen (secondary N) is 1. The second-order valence-corrected chi connectivity index (χ2v) is 7.50. The fourth-order valence-corrected chi connectivity index (χ4v) is 3.24. The molecule has 4 rings (SSSR count). The summed E-state index contributed by atoms with van der Waals surface area (Å²) in [5, 5.41) is 9.58. The summed E-state index contributed by atoms with van der Waals surface area (Å²) in [5.41, 5.74) is 2.72. The van der Waals surface area contributed by atoms with Crippen LogP contribution in [0.15, 0.2) is 54.6 Å². The molecule has 0 unspecified atom stereocenters. The van der Waals surface area contributed by atoms with Gasteiger partial charge in [0.15, 0.2) is 0 Å². The predicted molar refractivity (Wildman–Crippen MR) is 118 cm³/mol. The number of aromatic nitrogens is 2. The van der Waals surface area contributed by atoms with Crippen LogP contribution in [0.3, 0.4) is 0 Å². The summed E-state index contributed by atoms with van der Waals surface area (Å²) >= 11 is 6.30. The summed E-state index contributed by atoms with van der Waals surface area (Å²) in [6.45, 7) is 1.68. The van der Waals surface area contributed by atoms with Crippen LogP contribution in [0.25, 0.3) is 11.0 Å². The third-order valence-corrected chi connectivity index (χ3v) is 4.95. The molecule has 0 aliphatic rings. The van der Waals surface area contributed by atoms with Crippen LogP contribution in [0.2, 0.25) is 5.02 Å². The number of aromatic amines is 1. The van der Waals surface area contributed by atoms with E-state index in [0.717, 1.165) is 0 Å². The number of aromatic carboxylic acids is 1. The molecular weight excluding hydrogens is 473 g/mol. The molecule has 0 aliphatic carbocycles. The summed E-state index contributed by atoms with van der Waals surface area (Å²) in [6, 6.07) is 13.2. The van der Waals surface area contributed by atoms with E-state index in [4.69, 9.17) is 16.3 Å². The maximum Gasteiger partial charge on any atom is 0.573 e. The molecule has 0 atom stereocenters. The van der Waals surface area contributed by atoms with Gasteiger partial charge in [0.25, 0.3) is 6.01 Å². The van der Waals surface area contributed by atoms with Gasteiger partial charge in [-0.3, -0.25) is 0 Å². The second-order valence-electron chi connectivity index (χ2n) is 7.10. The zero-order valence-electron chi connectivity index (χ0n) is 17.3. The van der Waals surface area contributed by atoms with E-state index in [-0.39, 0.29) is 17.3 Å². The Morgan fingerprint density at radius 3 is 2.44 bits per heavy atom. The summed E-state index contributed by atoms with van der Waals surface area (Å²) in [4.78, 5) is 18.6. The van der Waals surface area contributed by atoms with E-state index in [1.807, 2.05) is 0 Å². The minimum Gasteiger partial charge on any atom is -0.478 e. The molecule has 34 heavy (non-hydrogen) atoms. The van der Waals surface area contributed by atoms with E-state index in [1.165, 1.54) is 30.3 Å². The van der Waals surface area contributed by atoms with Crippen molar-refractivity contribution in [3.05, 3.63) is 81.9 Å². The fraction of sp³-hybridized carbons (Fsp3) is 0.0833. The highest BCUT2D eigenvalue weighted by Gasteiger charge is 2.30. The van der Waals surface area contributed by atoms with Gasteiger partial charge in [-0.25, -0.2) is 4.79 Å². The zero-order valence-corrected chi connectivity index (χ0v) is 18.1. The van der Waals surface area contributed by atoms with Crippen molar-refractivity contribution < 1.29 is 32.5 Å². The standard InChI is InChI=1S/C24H14ClF3N2O4/c1-13-2-7-17(11-18(13)22(31)32)33-23-29-20-10-15(19(25)12-21(20)30-23)6-3-14-4-8-16(9-5-14)34-24(26,27)28/h2,4-5,7-12H,1H3,(H,29,30)(H,31,32). The number of H-pyrrole nitrogens is 1. The van der Waals surface area contributed by atoms with Crippen LogP contribution >= 0.6 is 11.6 Å². The lowest BCUT2D eigenvalue weighted by molar-refractivity contribution is -0.274. The third-order valence-electron chi connectivity index (χ3n) is 4.63. The number of aryl methyl sites for hydroxylation is 1. The van der Waals surface area contributed by atoms with E-state index in [1.54, 1.807) is 31.2 Å². The SMILES string of the molecule is Cc1ccc(Oc2nc3cc(Cl)c(C#Cc4ccc(OC(F)(F)F)cc4)cc3[nH]2)cc1C(=O)O. The van der Waals surface area contributed by atoms with Gasteiger partial charge in [-0.1, -0.05) is 29.5 Å². The number of imidazole rings is 1. The number of nitrogens with zero attached hydrogens (tertiary/aromatic N) is 1. The molecule has 10 heteroatoms. The Labute approximate surface area is 195 Å².